The van der Waals surface area contributed by atoms with E-state index in [1.807, 2.05) is 4.57 Å². The van der Waals surface area contributed by atoms with E-state index < -0.39 is 0 Å². The molecule has 0 atom stereocenters. The second kappa shape index (κ2) is 9.37. The van der Waals surface area contributed by atoms with Crippen molar-refractivity contribution in [2.75, 3.05) is 0 Å². The van der Waals surface area contributed by atoms with Gasteiger partial charge in [0.15, 0.2) is 15.9 Å². The maximum atomic E-state index is 13.2. The van der Waals surface area contributed by atoms with Gasteiger partial charge in [-0.1, -0.05) is 37.1 Å². The number of aromatic amines is 1. The van der Waals surface area contributed by atoms with Crippen molar-refractivity contribution < 1.29 is 9.63 Å². The summed E-state index contributed by atoms with van der Waals surface area (Å²) in [6.07, 6.45) is 4.78. The summed E-state index contributed by atoms with van der Waals surface area (Å²) in [6.45, 7) is 2.84. The molecule has 0 fully saturated rings. The van der Waals surface area contributed by atoms with E-state index in [9.17, 15) is 9.90 Å². The molecule has 4 heterocycles. The number of nitrogens with one attached hydrogen (secondary N) is 1. The van der Waals surface area contributed by atoms with Crippen molar-refractivity contribution in [3.05, 3.63) is 51.1 Å². The number of H-pyrrole nitrogens is 1. The van der Waals surface area contributed by atoms with Gasteiger partial charge in [-0.05, 0) is 40.9 Å². The monoisotopic (exact) mass is 526 g/mol. The van der Waals surface area contributed by atoms with Gasteiger partial charge < -0.3 is 14.6 Å². The fourth-order valence-electron chi connectivity index (χ4n) is 3.98. The zero-order valence-corrected chi connectivity index (χ0v) is 20.1. The van der Waals surface area contributed by atoms with Gasteiger partial charge in [-0.3, -0.25) is 9.36 Å². The van der Waals surface area contributed by atoms with E-state index in [-0.39, 0.29) is 11.3 Å². The van der Waals surface area contributed by atoms with E-state index in [2.05, 4.69) is 53.2 Å². The van der Waals surface area contributed by atoms with Crippen LogP contribution in [0.15, 0.2) is 38.3 Å². The quantitative estimate of drug-likeness (QED) is 0.219. The normalized spacial score (nSPS) is 11.7. The van der Waals surface area contributed by atoms with E-state index in [0.29, 0.717) is 70.6 Å². The predicted octanol–water partition coefficient (Wildman–Crippen LogP) is 3.65. The lowest BCUT2D eigenvalue weighted by Crippen LogP contribution is -2.21. The van der Waals surface area contributed by atoms with Crippen LogP contribution in [0.2, 0.25) is 0 Å². The van der Waals surface area contributed by atoms with Crippen LogP contribution in [0.3, 0.4) is 0 Å². The Bertz CT molecular complexity index is 1520. The third-order valence-corrected chi connectivity index (χ3v) is 6.01. The lowest BCUT2D eigenvalue weighted by molar-refractivity contribution is 0.375. The summed E-state index contributed by atoms with van der Waals surface area (Å²) < 4.78 is 9.37. The van der Waals surface area contributed by atoms with Gasteiger partial charge in [-0.15, -0.1) is 10.2 Å². The maximum absolute atomic E-state index is 13.2. The van der Waals surface area contributed by atoms with Gasteiger partial charge in [0.25, 0.3) is 5.56 Å². The van der Waals surface area contributed by atoms with Crippen LogP contribution in [-0.4, -0.2) is 44.4 Å². The molecule has 0 aliphatic rings. The molecule has 11 nitrogen and oxygen atoms in total. The number of benzene rings is 1. The van der Waals surface area contributed by atoms with Gasteiger partial charge in [0.05, 0.1) is 0 Å². The third-order valence-electron chi connectivity index (χ3n) is 5.63. The predicted molar refractivity (Wildman–Crippen MR) is 128 cm³/mol. The summed E-state index contributed by atoms with van der Waals surface area (Å²) in [6, 6.07) is 6.69. The Balaban J connectivity index is 1.38. The maximum Gasteiger partial charge on any atom is 0.286 e. The minimum atomic E-state index is -0.223. The van der Waals surface area contributed by atoms with Crippen molar-refractivity contribution >= 4 is 32.9 Å². The van der Waals surface area contributed by atoms with Gasteiger partial charge in [0, 0.05) is 24.9 Å². The van der Waals surface area contributed by atoms with Crippen LogP contribution in [0.5, 0.6) is 5.75 Å². The molecule has 0 amide bonds. The number of unbranched alkanes of at least 4 members (excludes halogenated alkanes) is 2. The molecule has 2 N–H and O–H groups in total. The lowest BCUT2D eigenvalue weighted by Gasteiger charge is -2.09. The molecule has 34 heavy (non-hydrogen) atoms. The average Bonchev–Trinajstić information content (AvgIpc) is 3.55. The zero-order chi connectivity index (χ0) is 23.7. The molecule has 5 rings (SSSR count). The molecule has 4 aromatic heterocycles. The topological polar surface area (TPSA) is 140 Å². The Morgan fingerprint density at radius 1 is 1.15 bits per heavy atom. The third kappa shape index (κ3) is 4.20. The lowest BCUT2D eigenvalue weighted by atomic mass is 10.2. The number of halogens is 1. The van der Waals surface area contributed by atoms with Crippen LogP contribution in [0.25, 0.3) is 28.3 Å². The highest BCUT2D eigenvalue weighted by Gasteiger charge is 2.19. The number of aryl methyl sites for hydroxylation is 3. The molecule has 176 valence electrons. The van der Waals surface area contributed by atoms with Crippen molar-refractivity contribution in [1.82, 2.24) is 39.3 Å². The molecule has 5 aromatic rings. The number of phenols is 1. The summed E-state index contributed by atoms with van der Waals surface area (Å²) >= 11 is 3.34. The summed E-state index contributed by atoms with van der Waals surface area (Å²) in [5, 5.41) is 22.3. The molecule has 12 heteroatoms. The van der Waals surface area contributed by atoms with Crippen LogP contribution in [0, 0.1) is 0 Å². The molecule has 0 spiro atoms. The standard InChI is InChI=1S/C22H23BrN8O3/c1-2-3-4-11-30-19-17(25-21(23)26-19)20(33)31-15(27-28-22(30)31)9-6-10-16-24-18(29-34-16)13-7-5-8-14(32)12-13/h5,7-8,12,32H,2-4,6,9-11H2,1H3,(H,25,26). The molecule has 0 saturated heterocycles. The van der Waals surface area contributed by atoms with E-state index in [4.69, 9.17) is 4.52 Å². The number of rotatable bonds is 9. The molecule has 0 radical (unpaired) electrons. The minimum absolute atomic E-state index is 0.140. The van der Waals surface area contributed by atoms with Crippen LogP contribution < -0.4 is 5.56 Å². The largest absolute Gasteiger partial charge is 0.508 e. The number of nitrogens with zero attached hydrogens (tertiary/aromatic N) is 7. The number of hydrogen-bond donors (Lipinski definition) is 2. The number of fused-ring (bicyclic) bond motifs is 2. The Kier molecular flexibility index (Phi) is 6.14. The molecule has 0 unspecified atom stereocenters. The SMILES string of the molecule is CCCCCn1c2nc(Br)[nH]c2c(=O)n2c(CCCc3nc(-c4cccc(O)c4)no3)nnc12. The van der Waals surface area contributed by atoms with Gasteiger partial charge in [0.1, 0.15) is 11.6 Å². The first-order valence-electron chi connectivity index (χ1n) is 11.2. The van der Waals surface area contributed by atoms with E-state index in [1.54, 1.807) is 28.7 Å². The van der Waals surface area contributed by atoms with Crippen molar-refractivity contribution in [1.29, 1.82) is 0 Å². The highest BCUT2D eigenvalue weighted by atomic mass is 79.9. The zero-order valence-electron chi connectivity index (χ0n) is 18.5. The minimum Gasteiger partial charge on any atom is -0.508 e. The van der Waals surface area contributed by atoms with E-state index >= 15 is 0 Å². The van der Waals surface area contributed by atoms with Crippen molar-refractivity contribution in [2.45, 2.75) is 52.0 Å². The van der Waals surface area contributed by atoms with Crippen LogP contribution in [0.1, 0.15) is 44.3 Å². The molecular weight excluding hydrogens is 504 g/mol. The molecule has 0 bridgehead atoms. The summed E-state index contributed by atoms with van der Waals surface area (Å²) in [7, 11) is 0. The van der Waals surface area contributed by atoms with Crippen LogP contribution in [-0.2, 0) is 19.4 Å². The first-order chi connectivity index (χ1) is 16.5. The highest BCUT2D eigenvalue weighted by molar-refractivity contribution is 9.10. The smallest absolute Gasteiger partial charge is 0.286 e. The van der Waals surface area contributed by atoms with E-state index in [1.165, 1.54) is 0 Å². The van der Waals surface area contributed by atoms with Gasteiger partial charge in [0.2, 0.25) is 17.5 Å². The van der Waals surface area contributed by atoms with E-state index in [0.717, 1.165) is 19.3 Å². The molecular formula is C22H23BrN8O3. The van der Waals surface area contributed by atoms with Gasteiger partial charge in [-0.2, -0.15) is 4.98 Å². The summed E-state index contributed by atoms with van der Waals surface area (Å²) in [4.78, 5) is 25.1. The molecule has 1 aromatic carbocycles. The number of aromatic nitrogens is 8. The van der Waals surface area contributed by atoms with Crippen LogP contribution >= 0.6 is 15.9 Å². The van der Waals surface area contributed by atoms with Gasteiger partial charge in [-0.25, -0.2) is 9.38 Å². The first kappa shape index (κ1) is 22.3. The second-order valence-corrected chi connectivity index (χ2v) is 8.81. The Hall–Kier alpha value is -3.54. The fraction of sp³-hybridized carbons (Fsp3) is 0.364. The fourth-order valence-corrected chi connectivity index (χ4v) is 4.35. The van der Waals surface area contributed by atoms with Gasteiger partial charge >= 0.3 is 0 Å². The Morgan fingerprint density at radius 2 is 2.03 bits per heavy atom. The Morgan fingerprint density at radius 3 is 2.85 bits per heavy atom. The summed E-state index contributed by atoms with van der Waals surface area (Å²) in [5.74, 6) is 2.10. The average molecular weight is 527 g/mol. The first-order valence-corrected chi connectivity index (χ1v) is 12.0. The second-order valence-electron chi connectivity index (χ2n) is 8.06. The number of aromatic hydroxyl groups is 1. The van der Waals surface area contributed by atoms with Crippen molar-refractivity contribution in [3.8, 4) is 17.1 Å². The van der Waals surface area contributed by atoms with Crippen LogP contribution in [0.4, 0.5) is 0 Å². The van der Waals surface area contributed by atoms with Crippen molar-refractivity contribution in [2.24, 2.45) is 0 Å². The molecule has 0 aliphatic heterocycles. The number of hydrogen-bond acceptors (Lipinski definition) is 8. The molecule has 0 saturated carbocycles. The number of imidazole rings is 1. The van der Waals surface area contributed by atoms with Crippen molar-refractivity contribution in [3.63, 3.8) is 0 Å². The highest BCUT2D eigenvalue weighted by Crippen LogP contribution is 2.21. The Labute approximate surface area is 202 Å². The number of phenolic OH excluding ortho intramolecular Hbond substituents is 1. The molecule has 0 aliphatic carbocycles. The summed E-state index contributed by atoms with van der Waals surface area (Å²) in [5.41, 5.74) is 1.45.